The first kappa shape index (κ1) is 9.04. The van der Waals surface area contributed by atoms with Gasteiger partial charge >= 0.3 is 0 Å². The number of rotatable bonds is 3. The van der Waals surface area contributed by atoms with Crippen LogP contribution in [0.25, 0.3) is 0 Å². The van der Waals surface area contributed by atoms with Crippen LogP contribution in [0, 0.1) is 0 Å². The lowest BCUT2D eigenvalue weighted by Crippen LogP contribution is -2.26. The Morgan fingerprint density at radius 1 is 1.64 bits per heavy atom. The monoisotopic (exact) mass is 156 g/mol. The Labute approximate surface area is 68.2 Å². The second-order valence-electron chi connectivity index (χ2n) is 3.00. The maximum absolute atomic E-state index is 8.62. The Kier molecular flexibility index (Phi) is 3.90. The molecule has 1 aliphatic heterocycles. The fourth-order valence-electron chi connectivity index (χ4n) is 1.40. The molecule has 1 aliphatic rings. The molecular formula is C7H15BNO2. The van der Waals surface area contributed by atoms with Crippen molar-refractivity contribution in [3.63, 3.8) is 0 Å². The summed E-state index contributed by atoms with van der Waals surface area (Å²) in [7, 11) is 2.26. The van der Waals surface area contributed by atoms with E-state index in [1.165, 1.54) is 25.6 Å². The molecule has 0 aromatic heterocycles. The number of aliphatic hydroxyl groups is 1. The summed E-state index contributed by atoms with van der Waals surface area (Å²) in [6.45, 7) is 0.567. The fraction of sp³-hybridized carbons (Fsp3) is 1.00. The van der Waals surface area contributed by atoms with Gasteiger partial charge in [-0.15, -0.1) is 0 Å². The molecule has 0 aromatic carbocycles. The van der Waals surface area contributed by atoms with E-state index < -0.39 is 6.41 Å². The van der Waals surface area contributed by atoms with Crippen molar-refractivity contribution in [2.75, 3.05) is 6.61 Å². The van der Waals surface area contributed by atoms with Crippen LogP contribution in [0.2, 0.25) is 12.1 Å². The minimum absolute atomic E-state index is 0.502. The summed E-state index contributed by atoms with van der Waals surface area (Å²) in [4.78, 5) is 0. The maximum atomic E-state index is 8.62. The molecule has 2 unspecified atom stereocenters. The Bertz CT molecular complexity index is 105. The molecule has 1 saturated heterocycles. The first-order valence-electron chi connectivity index (χ1n) is 4.17. The molecule has 0 bridgehead atoms. The van der Waals surface area contributed by atoms with Gasteiger partial charge < -0.3 is 9.84 Å². The molecule has 0 aromatic rings. The van der Waals surface area contributed by atoms with Crippen LogP contribution in [0.1, 0.15) is 19.3 Å². The molecule has 0 aliphatic carbocycles. The molecule has 63 valence electrons. The summed E-state index contributed by atoms with van der Waals surface area (Å²) in [5, 5.41) is 8.62. The van der Waals surface area contributed by atoms with Gasteiger partial charge in [0.25, 0.3) is 0 Å². The van der Waals surface area contributed by atoms with Gasteiger partial charge in [-0.3, -0.25) is 5.73 Å². The van der Waals surface area contributed by atoms with Crippen molar-refractivity contribution in [1.29, 1.82) is 0 Å². The molecule has 4 heteroatoms. The van der Waals surface area contributed by atoms with E-state index in [-0.39, 0.29) is 0 Å². The Morgan fingerprint density at radius 3 is 3.00 bits per heavy atom. The zero-order valence-electron chi connectivity index (χ0n) is 6.70. The van der Waals surface area contributed by atoms with Crippen molar-refractivity contribution in [3.8, 4) is 0 Å². The topological polar surface area (TPSA) is 55.5 Å². The first-order valence-corrected chi connectivity index (χ1v) is 4.17. The van der Waals surface area contributed by atoms with Crippen LogP contribution in [-0.4, -0.2) is 25.4 Å². The van der Waals surface area contributed by atoms with E-state index >= 15 is 0 Å². The molecule has 2 atom stereocenters. The molecule has 1 rings (SSSR count). The van der Waals surface area contributed by atoms with Gasteiger partial charge in [0, 0.05) is 6.61 Å². The lowest BCUT2D eigenvalue weighted by molar-refractivity contribution is -0.0947. The lowest BCUT2D eigenvalue weighted by Gasteiger charge is -2.20. The number of nitrogens with two attached hydrogens (primary N) is 1. The van der Waals surface area contributed by atoms with Crippen LogP contribution in [0.15, 0.2) is 0 Å². The normalized spacial score (nSPS) is 27.6. The molecule has 3 nitrogen and oxygen atoms in total. The van der Waals surface area contributed by atoms with E-state index in [0.717, 1.165) is 0 Å². The lowest BCUT2D eigenvalue weighted by atomic mass is 9.56. The average Bonchev–Trinajstić information content (AvgIpc) is 2.03. The van der Waals surface area contributed by atoms with E-state index in [1.807, 2.05) is 0 Å². The summed E-state index contributed by atoms with van der Waals surface area (Å²) >= 11 is 0. The summed E-state index contributed by atoms with van der Waals surface area (Å²) in [5.41, 5.74) is 5.03. The van der Waals surface area contributed by atoms with Gasteiger partial charge in [0.15, 0.2) is 0 Å². The van der Waals surface area contributed by atoms with E-state index in [4.69, 9.17) is 15.6 Å². The summed E-state index contributed by atoms with van der Waals surface area (Å²) in [6, 6.07) is 0. The van der Waals surface area contributed by atoms with Crippen molar-refractivity contribution in [1.82, 2.24) is 0 Å². The molecule has 1 heterocycles. The van der Waals surface area contributed by atoms with Crippen LogP contribution in [0.5, 0.6) is 0 Å². The van der Waals surface area contributed by atoms with E-state index in [1.54, 1.807) is 0 Å². The number of hydrogen-bond donors (Lipinski definition) is 2. The summed E-state index contributed by atoms with van der Waals surface area (Å²) < 4.78 is 4.88. The summed E-state index contributed by atoms with van der Waals surface area (Å²) in [6.07, 6.45) is 3.80. The minimum Gasteiger partial charge on any atom is -0.356 e. The predicted molar refractivity (Wildman–Crippen MR) is 44.3 cm³/mol. The van der Waals surface area contributed by atoms with Gasteiger partial charge in [-0.2, -0.15) is 0 Å². The van der Waals surface area contributed by atoms with E-state index in [9.17, 15) is 0 Å². The number of hydrogen-bond acceptors (Lipinski definition) is 3. The Balaban J connectivity index is 2.05. The van der Waals surface area contributed by atoms with Gasteiger partial charge in [0.1, 0.15) is 7.28 Å². The SMILES string of the molecule is NC(O)OCC1[B]CCCC1. The standard InChI is InChI=1S/C7H15BNO2/c9-7(10)11-5-6-3-1-2-4-8-6/h6-7,10H,1-5,9H2. The highest BCUT2D eigenvalue weighted by Gasteiger charge is 2.15. The average molecular weight is 156 g/mol. The van der Waals surface area contributed by atoms with E-state index in [2.05, 4.69) is 7.28 Å². The molecule has 0 amide bonds. The highest BCUT2D eigenvalue weighted by Crippen LogP contribution is 2.22. The molecule has 1 radical (unpaired) electrons. The third-order valence-corrected chi connectivity index (χ3v) is 2.01. The summed E-state index contributed by atoms with van der Waals surface area (Å²) in [5.74, 6) is 0.502. The molecule has 11 heavy (non-hydrogen) atoms. The van der Waals surface area contributed by atoms with Gasteiger partial charge in [0.2, 0.25) is 6.41 Å². The second kappa shape index (κ2) is 4.75. The zero-order valence-corrected chi connectivity index (χ0v) is 6.70. The van der Waals surface area contributed by atoms with Crippen molar-refractivity contribution in [2.45, 2.75) is 37.8 Å². The molecule has 3 N–H and O–H groups in total. The molecule has 1 fully saturated rings. The van der Waals surface area contributed by atoms with Gasteiger partial charge in [0.05, 0.1) is 0 Å². The van der Waals surface area contributed by atoms with Crippen molar-refractivity contribution in [3.05, 3.63) is 0 Å². The third kappa shape index (κ3) is 3.75. The molecule has 0 saturated carbocycles. The van der Waals surface area contributed by atoms with Gasteiger partial charge in [-0.05, 0) is 5.82 Å². The smallest absolute Gasteiger partial charge is 0.210 e. The van der Waals surface area contributed by atoms with Crippen LogP contribution < -0.4 is 5.73 Å². The third-order valence-electron chi connectivity index (χ3n) is 2.01. The molecular weight excluding hydrogens is 141 g/mol. The number of ether oxygens (including phenoxy) is 1. The zero-order chi connectivity index (χ0) is 8.10. The van der Waals surface area contributed by atoms with E-state index in [0.29, 0.717) is 12.4 Å². The van der Waals surface area contributed by atoms with Crippen molar-refractivity contribution < 1.29 is 9.84 Å². The first-order chi connectivity index (χ1) is 5.29. The highest BCUT2D eigenvalue weighted by molar-refractivity contribution is 6.37. The largest absolute Gasteiger partial charge is 0.356 e. The highest BCUT2D eigenvalue weighted by atomic mass is 16.6. The van der Waals surface area contributed by atoms with Gasteiger partial charge in [-0.1, -0.05) is 25.6 Å². The van der Waals surface area contributed by atoms with Crippen LogP contribution in [0.3, 0.4) is 0 Å². The van der Waals surface area contributed by atoms with Crippen LogP contribution >= 0.6 is 0 Å². The Morgan fingerprint density at radius 2 is 2.45 bits per heavy atom. The minimum atomic E-state index is -1.11. The maximum Gasteiger partial charge on any atom is 0.210 e. The van der Waals surface area contributed by atoms with Crippen molar-refractivity contribution in [2.24, 2.45) is 5.73 Å². The van der Waals surface area contributed by atoms with Crippen molar-refractivity contribution >= 4 is 7.28 Å². The second-order valence-corrected chi connectivity index (χ2v) is 3.00. The molecule has 0 spiro atoms. The number of aliphatic hydroxyl groups excluding tert-OH is 1. The van der Waals surface area contributed by atoms with Crippen LogP contribution in [-0.2, 0) is 4.74 Å². The predicted octanol–water partition coefficient (Wildman–Crippen LogP) is 0.332. The van der Waals surface area contributed by atoms with Gasteiger partial charge in [-0.25, -0.2) is 0 Å². The van der Waals surface area contributed by atoms with Crippen LogP contribution in [0.4, 0.5) is 0 Å². The Hall–Kier alpha value is -0.0551. The fourth-order valence-corrected chi connectivity index (χ4v) is 1.40. The quantitative estimate of drug-likeness (QED) is 0.457.